The Bertz CT molecular complexity index is 647. The number of fused-ring (bicyclic) bond motifs is 1. The minimum absolute atomic E-state index is 0. The van der Waals surface area contributed by atoms with E-state index in [2.05, 4.69) is 21.1 Å². The van der Waals surface area contributed by atoms with E-state index >= 15 is 0 Å². The average Bonchev–Trinajstić information content (AvgIpc) is 2.97. The minimum Gasteiger partial charge on any atom is -0.398 e. The molecule has 0 aliphatic carbocycles. The summed E-state index contributed by atoms with van der Waals surface area (Å²) in [5, 5.41) is 4.01. The van der Waals surface area contributed by atoms with Gasteiger partial charge in [-0.1, -0.05) is 11.2 Å². The van der Waals surface area contributed by atoms with Crippen molar-refractivity contribution in [2.75, 3.05) is 23.8 Å². The lowest BCUT2D eigenvalue weighted by molar-refractivity contribution is 0.0683. The molecule has 126 valence electrons. The molecule has 1 atom stereocenters. The molecule has 2 N–H and O–H groups in total. The summed E-state index contributed by atoms with van der Waals surface area (Å²) >= 11 is 0. The highest BCUT2D eigenvalue weighted by atomic mass is 35.5. The highest BCUT2D eigenvalue weighted by Gasteiger charge is 2.21. The molecule has 2 aromatic rings. The zero-order chi connectivity index (χ0) is 15.5. The SMILES string of the molecule is CCOC(C)c1noc(CN2CCCc3c(N)cccc32)n1.Cl. The van der Waals surface area contributed by atoms with Crippen molar-refractivity contribution in [3.8, 4) is 0 Å². The second-order valence-electron chi connectivity index (χ2n) is 5.51. The van der Waals surface area contributed by atoms with Crippen LogP contribution in [0.3, 0.4) is 0 Å². The molecular weight excluding hydrogens is 316 g/mol. The number of anilines is 2. The van der Waals surface area contributed by atoms with Crippen LogP contribution in [0.5, 0.6) is 0 Å². The van der Waals surface area contributed by atoms with E-state index in [-0.39, 0.29) is 18.5 Å². The van der Waals surface area contributed by atoms with Gasteiger partial charge in [0.05, 0.1) is 6.54 Å². The van der Waals surface area contributed by atoms with E-state index in [4.69, 9.17) is 15.0 Å². The molecule has 1 aromatic carbocycles. The molecule has 3 rings (SSSR count). The highest BCUT2D eigenvalue weighted by molar-refractivity contribution is 5.85. The van der Waals surface area contributed by atoms with Gasteiger partial charge in [-0.05, 0) is 44.4 Å². The van der Waals surface area contributed by atoms with Gasteiger partial charge in [0.25, 0.3) is 0 Å². The van der Waals surface area contributed by atoms with Crippen molar-refractivity contribution in [2.45, 2.75) is 39.3 Å². The summed E-state index contributed by atoms with van der Waals surface area (Å²) in [6, 6.07) is 6.05. The normalized spacial score (nSPS) is 15.0. The Morgan fingerprint density at radius 2 is 2.26 bits per heavy atom. The van der Waals surface area contributed by atoms with E-state index < -0.39 is 0 Å². The fourth-order valence-electron chi connectivity index (χ4n) is 2.88. The maximum Gasteiger partial charge on any atom is 0.246 e. The maximum absolute atomic E-state index is 6.08. The van der Waals surface area contributed by atoms with Gasteiger partial charge < -0.3 is 19.9 Å². The fourth-order valence-corrected chi connectivity index (χ4v) is 2.88. The highest BCUT2D eigenvalue weighted by Crippen LogP contribution is 2.32. The minimum atomic E-state index is -0.146. The summed E-state index contributed by atoms with van der Waals surface area (Å²) in [6.45, 7) is 6.07. The number of nitrogens with two attached hydrogens (primary N) is 1. The smallest absolute Gasteiger partial charge is 0.246 e. The summed E-state index contributed by atoms with van der Waals surface area (Å²) in [7, 11) is 0. The first-order valence-electron chi connectivity index (χ1n) is 7.75. The Morgan fingerprint density at radius 1 is 1.43 bits per heavy atom. The molecule has 1 aliphatic rings. The van der Waals surface area contributed by atoms with Gasteiger partial charge in [-0.25, -0.2) is 0 Å². The molecule has 0 saturated heterocycles. The van der Waals surface area contributed by atoms with Crippen LogP contribution in [0.1, 0.15) is 43.7 Å². The Hall–Kier alpha value is -1.79. The lowest BCUT2D eigenvalue weighted by atomic mass is 10.00. The molecule has 0 fully saturated rings. The van der Waals surface area contributed by atoms with Crippen LogP contribution in [-0.4, -0.2) is 23.3 Å². The third kappa shape index (κ3) is 3.76. The summed E-state index contributed by atoms with van der Waals surface area (Å²) < 4.78 is 10.9. The Morgan fingerprint density at radius 3 is 3.04 bits per heavy atom. The first kappa shape index (κ1) is 17.6. The standard InChI is InChI=1S/C16H22N4O2.ClH/c1-3-21-11(2)16-18-15(22-19-16)10-20-9-5-6-12-13(17)7-4-8-14(12)20;/h4,7-8,11H,3,5-6,9-10,17H2,1-2H3;1H. The molecule has 0 saturated carbocycles. The number of nitrogens with zero attached hydrogens (tertiary/aromatic N) is 3. The van der Waals surface area contributed by atoms with Gasteiger partial charge >= 0.3 is 0 Å². The van der Waals surface area contributed by atoms with Crippen molar-refractivity contribution in [3.63, 3.8) is 0 Å². The van der Waals surface area contributed by atoms with Gasteiger partial charge in [0.15, 0.2) is 5.82 Å². The molecule has 1 aliphatic heterocycles. The lowest BCUT2D eigenvalue weighted by Gasteiger charge is -2.30. The summed E-state index contributed by atoms with van der Waals surface area (Å²) in [5.41, 5.74) is 9.33. The van der Waals surface area contributed by atoms with Crippen LogP contribution < -0.4 is 10.6 Å². The number of halogens is 1. The molecule has 1 unspecified atom stereocenters. The second kappa shape index (κ2) is 7.66. The number of nitrogen functional groups attached to an aromatic ring is 1. The quantitative estimate of drug-likeness (QED) is 0.844. The van der Waals surface area contributed by atoms with Gasteiger partial charge in [-0.2, -0.15) is 4.98 Å². The van der Waals surface area contributed by atoms with Crippen molar-refractivity contribution in [1.82, 2.24) is 10.1 Å². The van der Waals surface area contributed by atoms with Crippen LogP contribution >= 0.6 is 12.4 Å². The fraction of sp³-hybridized carbons (Fsp3) is 0.500. The van der Waals surface area contributed by atoms with Crippen LogP contribution in [0.15, 0.2) is 22.7 Å². The van der Waals surface area contributed by atoms with Crippen molar-refractivity contribution in [1.29, 1.82) is 0 Å². The average molecular weight is 339 g/mol. The third-order valence-corrected chi connectivity index (χ3v) is 3.97. The molecule has 0 amide bonds. The van der Waals surface area contributed by atoms with E-state index in [0.29, 0.717) is 24.9 Å². The molecule has 7 heteroatoms. The summed E-state index contributed by atoms with van der Waals surface area (Å²) in [6.07, 6.45) is 1.96. The Labute approximate surface area is 142 Å². The van der Waals surface area contributed by atoms with Crippen molar-refractivity contribution in [2.24, 2.45) is 0 Å². The van der Waals surface area contributed by atoms with Gasteiger partial charge in [-0.3, -0.25) is 0 Å². The van der Waals surface area contributed by atoms with Gasteiger partial charge in [0.2, 0.25) is 5.89 Å². The number of hydrogen-bond donors (Lipinski definition) is 1. The summed E-state index contributed by atoms with van der Waals surface area (Å²) in [5.74, 6) is 1.21. The predicted octanol–water partition coefficient (Wildman–Crippen LogP) is 3.12. The molecule has 6 nitrogen and oxygen atoms in total. The van der Waals surface area contributed by atoms with Crippen molar-refractivity contribution in [3.05, 3.63) is 35.5 Å². The number of hydrogen-bond acceptors (Lipinski definition) is 6. The first-order chi connectivity index (χ1) is 10.7. The van der Waals surface area contributed by atoms with Crippen LogP contribution in [0.2, 0.25) is 0 Å². The lowest BCUT2D eigenvalue weighted by Crippen LogP contribution is -2.29. The van der Waals surface area contributed by atoms with Crippen molar-refractivity contribution >= 4 is 23.8 Å². The predicted molar refractivity (Wildman–Crippen MR) is 91.8 cm³/mol. The molecule has 0 spiro atoms. The molecule has 2 heterocycles. The first-order valence-corrected chi connectivity index (χ1v) is 7.75. The number of benzene rings is 1. The van der Waals surface area contributed by atoms with Crippen LogP contribution in [-0.2, 0) is 17.7 Å². The molecule has 23 heavy (non-hydrogen) atoms. The number of rotatable bonds is 5. The summed E-state index contributed by atoms with van der Waals surface area (Å²) in [4.78, 5) is 6.69. The monoisotopic (exact) mass is 338 g/mol. The maximum atomic E-state index is 6.08. The number of ether oxygens (including phenoxy) is 1. The van der Waals surface area contributed by atoms with E-state index in [0.717, 1.165) is 25.1 Å². The third-order valence-electron chi connectivity index (χ3n) is 3.97. The largest absolute Gasteiger partial charge is 0.398 e. The Kier molecular flexibility index (Phi) is 5.85. The van der Waals surface area contributed by atoms with Crippen LogP contribution in [0.4, 0.5) is 11.4 Å². The van der Waals surface area contributed by atoms with E-state index in [1.807, 2.05) is 26.0 Å². The van der Waals surface area contributed by atoms with Gasteiger partial charge in [-0.15, -0.1) is 12.4 Å². The van der Waals surface area contributed by atoms with Crippen molar-refractivity contribution < 1.29 is 9.26 Å². The second-order valence-corrected chi connectivity index (χ2v) is 5.51. The molecular formula is C16H23ClN4O2. The topological polar surface area (TPSA) is 77.4 Å². The zero-order valence-electron chi connectivity index (χ0n) is 13.5. The van der Waals surface area contributed by atoms with E-state index in [1.165, 1.54) is 11.3 Å². The molecule has 0 radical (unpaired) electrons. The number of aromatic nitrogens is 2. The zero-order valence-corrected chi connectivity index (χ0v) is 14.3. The van der Waals surface area contributed by atoms with E-state index in [1.54, 1.807) is 0 Å². The van der Waals surface area contributed by atoms with Gasteiger partial charge in [0, 0.05) is 24.5 Å². The molecule has 1 aromatic heterocycles. The molecule has 0 bridgehead atoms. The van der Waals surface area contributed by atoms with Crippen LogP contribution in [0, 0.1) is 0 Å². The van der Waals surface area contributed by atoms with Crippen LogP contribution in [0.25, 0.3) is 0 Å². The van der Waals surface area contributed by atoms with Gasteiger partial charge in [0.1, 0.15) is 6.10 Å². The Balaban J connectivity index is 0.00000192. The van der Waals surface area contributed by atoms with E-state index in [9.17, 15) is 0 Å².